The van der Waals surface area contributed by atoms with Crippen molar-refractivity contribution in [3.05, 3.63) is 71.9 Å². The van der Waals surface area contributed by atoms with Crippen LogP contribution >= 0.6 is 0 Å². The fourth-order valence-corrected chi connectivity index (χ4v) is 2.59. The zero-order valence-electron chi connectivity index (χ0n) is 13.9. The van der Waals surface area contributed by atoms with Gasteiger partial charge in [0, 0.05) is 12.0 Å². The molecule has 6 heteroatoms. The number of rotatable bonds is 6. The number of aliphatic hydroxyl groups excluding tert-OH is 1. The summed E-state index contributed by atoms with van der Waals surface area (Å²) in [5.74, 6) is -0.368. The van der Waals surface area contributed by atoms with E-state index < -0.39 is 12.1 Å². The smallest absolute Gasteiger partial charge is 0.274 e. The number of amides is 1. The van der Waals surface area contributed by atoms with Crippen molar-refractivity contribution in [2.75, 3.05) is 0 Å². The fourth-order valence-electron chi connectivity index (χ4n) is 2.59. The molecule has 0 unspecified atom stereocenters. The van der Waals surface area contributed by atoms with Crippen LogP contribution < -0.4 is 5.32 Å². The largest absolute Gasteiger partial charge is 0.391 e. The Morgan fingerprint density at radius 1 is 1.08 bits per heavy atom. The molecule has 3 N–H and O–H groups in total. The molecule has 0 radical (unpaired) electrons. The van der Waals surface area contributed by atoms with Gasteiger partial charge in [-0.05, 0) is 12.5 Å². The Bertz CT molecular complexity index is 818. The maximum Gasteiger partial charge on any atom is 0.274 e. The van der Waals surface area contributed by atoms with Crippen LogP contribution in [0.3, 0.4) is 0 Å². The summed E-state index contributed by atoms with van der Waals surface area (Å²) in [5, 5.41) is 23.7. The minimum atomic E-state index is -0.696. The van der Waals surface area contributed by atoms with Gasteiger partial charge in [-0.25, -0.2) is 0 Å². The molecule has 0 bridgehead atoms. The molecule has 1 amide bonds. The lowest BCUT2D eigenvalue weighted by Gasteiger charge is -2.20. The second-order valence-electron chi connectivity index (χ2n) is 5.91. The minimum absolute atomic E-state index is 0.213. The number of H-pyrrole nitrogens is 1. The highest BCUT2D eigenvalue weighted by Gasteiger charge is 2.22. The van der Waals surface area contributed by atoms with Crippen molar-refractivity contribution in [3.8, 4) is 11.3 Å². The van der Waals surface area contributed by atoms with Crippen molar-refractivity contribution in [1.29, 1.82) is 0 Å². The van der Waals surface area contributed by atoms with E-state index in [0.29, 0.717) is 12.1 Å². The number of hydrogen-bond acceptors (Lipinski definition) is 4. The van der Waals surface area contributed by atoms with E-state index >= 15 is 0 Å². The summed E-state index contributed by atoms with van der Waals surface area (Å²) in [6, 6.07) is 18.6. The molecule has 0 aliphatic heterocycles. The molecule has 2 atom stereocenters. The standard InChI is InChI=1S/C19H20N4O2/c1-13(16(24)12-14-8-4-2-5-9-14)20-19(25)18-17(21-23-22-18)15-10-6-3-7-11-15/h2-11,13,16,24H,12H2,1H3,(H,20,25)(H,21,22,23)/t13-,16+/m1/s1. The van der Waals surface area contributed by atoms with Gasteiger partial charge in [-0.15, -0.1) is 0 Å². The second-order valence-corrected chi connectivity index (χ2v) is 5.91. The van der Waals surface area contributed by atoms with Crippen molar-refractivity contribution in [3.63, 3.8) is 0 Å². The lowest BCUT2D eigenvalue weighted by Crippen LogP contribution is -2.42. The number of hydrogen-bond donors (Lipinski definition) is 3. The van der Waals surface area contributed by atoms with Gasteiger partial charge in [0.05, 0.1) is 12.1 Å². The summed E-state index contributed by atoms with van der Waals surface area (Å²) in [6.07, 6.45) is -0.231. The number of benzene rings is 2. The molecule has 1 aromatic heterocycles. The minimum Gasteiger partial charge on any atom is -0.391 e. The number of aromatic nitrogens is 3. The molecule has 0 spiro atoms. The second kappa shape index (κ2) is 7.72. The molecule has 3 aromatic rings. The Kier molecular flexibility index (Phi) is 5.20. The average molecular weight is 336 g/mol. The van der Waals surface area contributed by atoms with Gasteiger partial charge in [0.25, 0.3) is 5.91 Å². The van der Waals surface area contributed by atoms with Gasteiger partial charge in [-0.3, -0.25) is 4.79 Å². The normalized spacial score (nSPS) is 13.2. The topological polar surface area (TPSA) is 90.9 Å². The van der Waals surface area contributed by atoms with Crippen LogP contribution in [0.25, 0.3) is 11.3 Å². The van der Waals surface area contributed by atoms with E-state index in [1.54, 1.807) is 6.92 Å². The third kappa shape index (κ3) is 4.10. The van der Waals surface area contributed by atoms with Crippen molar-refractivity contribution in [2.45, 2.75) is 25.5 Å². The molecule has 6 nitrogen and oxygen atoms in total. The van der Waals surface area contributed by atoms with E-state index in [9.17, 15) is 9.90 Å². The van der Waals surface area contributed by atoms with Gasteiger partial charge in [0.1, 0.15) is 5.69 Å². The number of nitrogens with one attached hydrogen (secondary N) is 2. The highest BCUT2D eigenvalue weighted by Crippen LogP contribution is 2.19. The van der Waals surface area contributed by atoms with Gasteiger partial charge in [0.15, 0.2) is 5.69 Å². The number of carbonyl (C=O) groups excluding carboxylic acids is 1. The molecule has 0 saturated carbocycles. The molecule has 0 saturated heterocycles. The molecular formula is C19H20N4O2. The quantitative estimate of drug-likeness (QED) is 0.643. The Morgan fingerprint density at radius 2 is 1.72 bits per heavy atom. The van der Waals surface area contributed by atoms with E-state index in [1.807, 2.05) is 60.7 Å². The van der Waals surface area contributed by atoms with E-state index in [4.69, 9.17) is 0 Å². The van der Waals surface area contributed by atoms with Crippen LogP contribution in [-0.2, 0) is 6.42 Å². The maximum atomic E-state index is 12.5. The number of aromatic amines is 1. The Labute approximate surface area is 145 Å². The van der Waals surface area contributed by atoms with Gasteiger partial charge in [0.2, 0.25) is 0 Å². The Balaban J connectivity index is 1.67. The highest BCUT2D eigenvalue weighted by atomic mass is 16.3. The molecule has 25 heavy (non-hydrogen) atoms. The van der Waals surface area contributed by atoms with Crippen LogP contribution in [0.15, 0.2) is 60.7 Å². The summed E-state index contributed by atoms with van der Waals surface area (Å²) in [7, 11) is 0. The van der Waals surface area contributed by atoms with Crippen molar-refractivity contribution in [2.24, 2.45) is 0 Å². The Hall–Kier alpha value is -2.99. The van der Waals surface area contributed by atoms with E-state index in [-0.39, 0.29) is 11.6 Å². The first kappa shape index (κ1) is 16.9. The van der Waals surface area contributed by atoms with Gasteiger partial charge in [-0.1, -0.05) is 60.7 Å². The zero-order chi connectivity index (χ0) is 17.6. The first-order chi connectivity index (χ1) is 12.1. The van der Waals surface area contributed by atoms with Crippen LogP contribution in [0.4, 0.5) is 0 Å². The average Bonchev–Trinajstić information content (AvgIpc) is 3.13. The van der Waals surface area contributed by atoms with E-state index in [1.165, 1.54) is 0 Å². The van der Waals surface area contributed by atoms with E-state index in [0.717, 1.165) is 11.1 Å². The number of aliphatic hydroxyl groups is 1. The molecule has 0 fully saturated rings. The van der Waals surface area contributed by atoms with Gasteiger partial charge in [-0.2, -0.15) is 15.4 Å². The molecule has 0 aliphatic rings. The summed E-state index contributed by atoms with van der Waals surface area (Å²) >= 11 is 0. The van der Waals surface area contributed by atoms with Gasteiger partial charge < -0.3 is 10.4 Å². The summed E-state index contributed by atoms with van der Waals surface area (Å²) in [5.41, 5.74) is 2.52. The van der Waals surface area contributed by atoms with E-state index in [2.05, 4.69) is 20.7 Å². The van der Waals surface area contributed by atoms with Crippen molar-refractivity contribution in [1.82, 2.24) is 20.7 Å². The van der Waals surface area contributed by atoms with Crippen LogP contribution in [0.5, 0.6) is 0 Å². The fraction of sp³-hybridized carbons (Fsp3) is 0.211. The van der Waals surface area contributed by atoms with Crippen LogP contribution in [0.2, 0.25) is 0 Å². The first-order valence-electron chi connectivity index (χ1n) is 8.14. The first-order valence-corrected chi connectivity index (χ1v) is 8.14. The molecule has 3 rings (SSSR count). The summed E-state index contributed by atoms with van der Waals surface area (Å²) < 4.78 is 0. The van der Waals surface area contributed by atoms with Crippen LogP contribution in [0, 0.1) is 0 Å². The molecular weight excluding hydrogens is 316 g/mol. The SMILES string of the molecule is C[C@@H](NC(=O)c1n[nH]nc1-c1ccccc1)[C@@H](O)Cc1ccccc1. The third-order valence-electron chi connectivity index (χ3n) is 4.03. The van der Waals surface area contributed by atoms with Crippen LogP contribution in [0.1, 0.15) is 23.0 Å². The highest BCUT2D eigenvalue weighted by molar-refractivity contribution is 5.98. The third-order valence-corrected chi connectivity index (χ3v) is 4.03. The lowest BCUT2D eigenvalue weighted by atomic mass is 10.0. The molecule has 0 aliphatic carbocycles. The summed E-state index contributed by atoms with van der Waals surface area (Å²) in [6.45, 7) is 1.77. The monoisotopic (exact) mass is 336 g/mol. The predicted molar refractivity (Wildman–Crippen MR) is 94.9 cm³/mol. The number of nitrogens with zero attached hydrogens (tertiary/aromatic N) is 2. The van der Waals surface area contributed by atoms with Gasteiger partial charge >= 0.3 is 0 Å². The molecule has 2 aromatic carbocycles. The van der Waals surface area contributed by atoms with Crippen LogP contribution in [-0.4, -0.2) is 38.6 Å². The summed E-state index contributed by atoms with van der Waals surface area (Å²) in [4.78, 5) is 12.5. The van der Waals surface area contributed by atoms with Crippen molar-refractivity contribution >= 4 is 5.91 Å². The predicted octanol–water partition coefficient (Wildman–Crippen LogP) is 2.19. The lowest BCUT2D eigenvalue weighted by molar-refractivity contribution is 0.0847. The molecule has 1 heterocycles. The maximum absolute atomic E-state index is 12.5. The van der Waals surface area contributed by atoms with Crippen molar-refractivity contribution < 1.29 is 9.90 Å². The zero-order valence-corrected chi connectivity index (χ0v) is 13.9. The number of carbonyl (C=O) groups is 1. The Morgan fingerprint density at radius 3 is 2.40 bits per heavy atom. The molecule has 128 valence electrons.